The molecular weight excluding hydrogens is 344 g/mol. The van der Waals surface area contributed by atoms with Crippen LogP contribution in [-0.4, -0.2) is 35.1 Å². The summed E-state index contributed by atoms with van der Waals surface area (Å²) in [6, 6.07) is 7.49. The predicted octanol–water partition coefficient (Wildman–Crippen LogP) is 3.86. The topological polar surface area (TPSA) is 60.9 Å². The average molecular weight is 359 g/mol. The van der Waals surface area contributed by atoms with Gasteiger partial charge < -0.3 is 0 Å². The zero-order chi connectivity index (χ0) is 16.7. The monoisotopic (exact) mass is 358 g/mol. The lowest BCUT2D eigenvalue weighted by Crippen LogP contribution is -1.99. The Balaban J connectivity index is 1.81. The lowest BCUT2D eigenvalue weighted by molar-refractivity contribution is 0.746. The molecule has 4 aromatic rings. The van der Waals surface area contributed by atoms with Crippen LogP contribution in [0.15, 0.2) is 41.9 Å². The summed E-state index contributed by atoms with van der Waals surface area (Å²) in [5.74, 6) is 1.58. The Labute approximate surface area is 147 Å². The van der Waals surface area contributed by atoms with Gasteiger partial charge in [-0.2, -0.15) is 5.10 Å². The summed E-state index contributed by atoms with van der Waals surface area (Å²) in [4.78, 5) is 4.57. The Morgan fingerprint density at radius 3 is 2.67 bits per heavy atom. The van der Waals surface area contributed by atoms with E-state index in [1.54, 1.807) is 29.0 Å². The van der Waals surface area contributed by atoms with E-state index >= 15 is 0 Å². The van der Waals surface area contributed by atoms with Crippen LogP contribution in [0.25, 0.3) is 22.4 Å². The van der Waals surface area contributed by atoms with Crippen LogP contribution in [0.4, 0.5) is 0 Å². The first-order valence-electron chi connectivity index (χ1n) is 7.59. The van der Waals surface area contributed by atoms with Crippen molar-refractivity contribution in [2.24, 2.45) is 5.92 Å². The third-order valence-corrected chi connectivity index (χ3v) is 5.18. The molecule has 24 heavy (non-hydrogen) atoms. The van der Waals surface area contributed by atoms with Gasteiger partial charge in [0.1, 0.15) is 6.33 Å². The van der Waals surface area contributed by atoms with Gasteiger partial charge >= 0.3 is 0 Å². The summed E-state index contributed by atoms with van der Waals surface area (Å²) in [6.45, 7) is 4.37. The molecule has 0 radical (unpaired) electrons. The van der Waals surface area contributed by atoms with E-state index in [9.17, 15) is 0 Å². The number of rotatable bonds is 4. The molecule has 0 aliphatic carbocycles. The molecule has 3 heterocycles. The molecule has 1 aromatic carbocycles. The van der Waals surface area contributed by atoms with Crippen molar-refractivity contribution in [1.82, 2.24) is 29.4 Å². The Hall–Kier alpha value is -2.12. The lowest BCUT2D eigenvalue weighted by atomic mass is 10.3. The first kappa shape index (κ1) is 15.4. The first-order valence-corrected chi connectivity index (χ1v) is 8.96. The molecule has 0 unspecified atom stereocenters. The summed E-state index contributed by atoms with van der Waals surface area (Å²) >= 11 is 7.64. The molecule has 0 aliphatic rings. The van der Waals surface area contributed by atoms with Crippen molar-refractivity contribution in [3.63, 3.8) is 0 Å². The van der Waals surface area contributed by atoms with Crippen LogP contribution in [0.2, 0.25) is 5.02 Å². The number of nitrogens with zero attached hydrogens (tertiary/aromatic N) is 6. The highest BCUT2D eigenvalue weighted by Crippen LogP contribution is 2.24. The van der Waals surface area contributed by atoms with Gasteiger partial charge in [-0.05, 0) is 30.2 Å². The quantitative estimate of drug-likeness (QED) is 0.518. The van der Waals surface area contributed by atoms with Crippen LogP contribution in [0.3, 0.4) is 0 Å². The van der Waals surface area contributed by atoms with Gasteiger partial charge in [-0.25, -0.2) is 9.67 Å². The van der Waals surface area contributed by atoms with Crippen LogP contribution in [0, 0.1) is 5.92 Å². The van der Waals surface area contributed by atoms with E-state index in [1.165, 1.54) is 0 Å². The van der Waals surface area contributed by atoms with Crippen LogP contribution < -0.4 is 0 Å². The second kappa shape index (κ2) is 6.07. The van der Waals surface area contributed by atoms with Crippen molar-refractivity contribution in [2.45, 2.75) is 19.0 Å². The van der Waals surface area contributed by atoms with Crippen LogP contribution in [-0.2, 0) is 0 Å². The van der Waals surface area contributed by atoms with E-state index in [2.05, 4.69) is 34.1 Å². The van der Waals surface area contributed by atoms with Gasteiger partial charge in [0.25, 0.3) is 0 Å². The molecule has 0 aliphatic heterocycles. The zero-order valence-corrected chi connectivity index (χ0v) is 14.8. The SMILES string of the molecule is CC(C)CSc1nnc2c3cnn(-c4ccc(Cl)cc4)c3ncn12. The van der Waals surface area contributed by atoms with E-state index in [0.29, 0.717) is 10.9 Å². The molecule has 3 aromatic heterocycles. The van der Waals surface area contributed by atoms with E-state index in [-0.39, 0.29) is 0 Å². The van der Waals surface area contributed by atoms with Crippen molar-refractivity contribution < 1.29 is 0 Å². The standard InChI is InChI=1S/C16H15ClN6S/c1-10(2)8-24-16-21-20-15-13-7-19-23(14(13)18-9-22(15)16)12-5-3-11(17)4-6-12/h3-7,9-10H,8H2,1-2H3. The molecule has 0 N–H and O–H groups in total. The Kier molecular flexibility index (Phi) is 3.90. The maximum atomic E-state index is 5.95. The molecule has 0 bridgehead atoms. The molecular formula is C16H15ClN6S. The first-order chi connectivity index (χ1) is 11.6. The van der Waals surface area contributed by atoms with E-state index in [4.69, 9.17) is 11.6 Å². The number of halogens is 1. The number of thioether (sulfide) groups is 1. The predicted molar refractivity (Wildman–Crippen MR) is 96.0 cm³/mol. The molecule has 122 valence electrons. The minimum Gasteiger partial charge on any atom is -0.260 e. The average Bonchev–Trinajstić information content (AvgIpc) is 3.17. The minimum atomic E-state index is 0.590. The maximum absolute atomic E-state index is 5.95. The number of hydrogen-bond donors (Lipinski definition) is 0. The molecule has 0 amide bonds. The van der Waals surface area contributed by atoms with Gasteiger partial charge in [0.2, 0.25) is 0 Å². The largest absolute Gasteiger partial charge is 0.260 e. The molecule has 4 rings (SSSR count). The van der Waals surface area contributed by atoms with Crippen molar-refractivity contribution in [3.05, 3.63) is 41.8 Å². The number of hydrogen-bond acceptors (Lipinski definition) is 5. The highest BCUT2D eigenvalue weighted by molar-refractivity contribution is 7.99. The number of fused-ring (bicyclic) bond motifs is 3. The van der Waals surface area contributed by atoms with Crippen molar-refractivity contribution in [2.75, 3.05) is 5.75 Å². The Morgan fingerprint density at radius 1 is 1.12 bits per heavy atom. The third kappa shape index (κ3) is 2.63. The Bertz CT molecular complexity index is 1000. The summed E-state index contributed by atoms with van der Waals surface area (Å²) in [5, 5.41) is 15.5. The smallest absolute Gasteiger partial charge is 0.196 e. The molecule has 6 nitrogen and oxygen atoms in total. The fraction of sp³-hybridized carbons (Fsp3) is 0.250. The van der Waals surface area contributed by atoms with Crippen LogP contribution >= 0.6 is 23.4 Å². The van der Waals surface area contributed by atoms with Gasteiger partial charge in [0.05, 0.1) is 17.3 Å². The molecule has 8 heteroatoms. The van der Waals surface area contributed by atoms with Gasteiger partial charge in [-0.15, -0.1) is 10.2 Å². The summed E-state index contributed by atoms with van der Waals surface area (Å²) in [7, 11) is 0. The number of aromatic nitrogens is 6. The highest BCUT2D eigenvalue weighted by atomic mass is 35.5. The van der Waals surface area contributed by atoms with E-state index in [0.717, 1.165) is 33.3 Å². The molecule has 0 saturated heterocycles. The van der Waals surface area contributed by atoms with Crippen molar-refractivity contribution in [3.8, 4) is 5.69 Å². The lowest BCUT2D eigenvalue weighted by Gasteiger charge is -2.04. The summed E-state index contributed by atoms with van der Waals surface area (Å²) in [5.41, 5.74) is 2.42. The van der Waals surface area contributed by atoms with Gasteiger partial charge in [0, 0.05) is 10.8 Å². The highest BCUT2D eigenvalue weighted by Gasteiger charge is 2.14. The van der Waals surface area contributed by atoms with E-state index < -0.39 is 0 Å². The minimum absolute atomic E-state index is 0.590. The van der Waals surface area contributed by atoms with Crippen molar-refractivity contribution in [1.29, 1.82) is 0 Å². The zero-order valence-electron chi connectivity index (χ0n) is 13.2. The summed E-state index contributed by atoms with van der Waals surface area (Å²) in [6.07, 6.45) is 3.53. The second-order valence-electron chi connectivity index (χ2n) is 5.90. The maximum Gasteiger partial charge on any atom is 0.196 e. The van der Waals surface area contributed by atoms with Gasteiger partial charge in [0.15, 0.2) is 16.5 Å². The van der Waals surface area contributed by atoms with Crippen LogP contribution in [0.1, 0.15) is 13.8 Å². The van der Waals surface area contributed by atoms with E-state index in [1.807, 2.05) is 28.7 Å². The third-order valence-electron chi connectivity index (χ3n) is 3.56. The molecule has 0 saturated carbocycles. The molecule has 0 atom stereocenters. The Morgan fingerprint density at radius 2 is 1.92 bits per heavy atom. The van der Waals surface area contributed by atoms with Crippen LogP contribution in [0.5, 0.6) is 0 Å². The summed E-state index contributed by atoms with van der Waals surface area (Å²) < 4.78 is 3.70. The molecule has 0 spiro atoms. The number of benzene rings is 1. The van der Waals surface area contributed by atoms with Gasteiger partial charge in [-0.3, -0.25) is 4.40 Å². The second-order valence-corrected chi connectivity index (χ2v) is 7.32. The molecule has 0 fully saturated rings. The fourth-order valence-corrected chi connectivity index (χ4v) is 3.39. The fourth-order valence-electron chi connectivity index (χ4n) is 2.41. The van der Waals surface area contributed by atoms with Gasteiger partial charge in [-0.1, -0.05) is 37.2 Å². The van der Waals surface area contributed by atoms with Crippen molar-refractivity contribution >= 4 is 40.0 Å². The normalized spacial score (nSPS) is 11.8.